The van der Waals surface area contributed by atoms with E-state index in [2.05, 4.69) is 11.9 Å². The van der Waals surface area contributed by atoms with Gasteiger partial charge in [-0.3, -0.25) is 14.3 Å². The molecule has 2 aromatic rings. The summed E-state index contributed by atoms with van der Waals surface area (Å²) >= 11 is 11.9. The van der Waals surface area contributed by atoms with Crippen molar-refractivity contribution in [2.24, 2.45) is 11.8 Å². The molecule has 1 aromatic carbocycles. The molecule has 1 aliphatic carbocycles. The summed E-state index contributed by atoms with van der Waals surface area (Å²) in [5, 5.41) is 0.638. The lowest BCUT2D eigenvalue weighted by molar-refractivity contribution is 0.552. The maximum Gasteiger partial charge on any atom is 0.329 e. The van der Waals surface area contributed by atoms with E-state index in [1.807, 2.05) is 0 Å². The summed E-state index contributed by atoms with van der Waals surface area (Å²) in [6.45, 7) is 2.55. The molecule has 2 unspecified atom stereocenters. The highest BCUT2D eigenvalue weighted by Crippen LogP contribution is 2.38. The van der Waals surface area contributed by atoms with Gasteiger partial charge in [0.2, 0.25) is 0 Å². The molecule has 6 heteroatoms. The third-order valence-corrected chi connectivity index (χ3v) is 4.50. The summed E-state index contributed by atoms with van der Waals surface area (Å²) in [7, 11) is 0. The molecule has 0 radical (unpaired) electrons. The molecule has 1 saturated carbocycles. The average molecular weight is 325 g/mol. The van der Waals surface area contributed by atoms with E-state index in [1.165, 1.54) is 4.57 Å². The van der Waals surface area contributed by atoms with Gasteiger partial charge in [0.25, 0.3) is 5.56 Å². The smallest absolute Gasteiger partial charge is 0.297 e. The Kier molecular flexibility index (Phi) is 3.68. The first-order valence-electron chi connectivity index (χ1n) is 6.76. The van der Waals surface area contributed by atoms with Gasteiger partial charge in [0.15, 0.2) is 0 Å². The molecule has 1 fully saturated rings. The lowest BCUT2D eigenvalue weighted by Crippen LogP contribution is -2.36. The Morgan fingerprint density at radius 2 is 1.86 bits per heavy atom. The third-order valence-electron chi connectivity index (χ3n) is 3.97. The molecule has 3 rings (SSSR count). The number of nitrogens with zero attached hydrogens (tertiary/aromatic N) is 1. The predicted molar refractivity (Wildman–Crippen MR) is 84.0 cm³/mol. The lowest BCUT2D eigenvalue weighted by Gasteiger charge is -2.09. The van der Waals surface area contributed by atoms with E-state index in [0.29, 0.717) is 34.5 Å². The molecule has 0 saturated heterocycles. The number of rotatable bonds is 3. The average Bonchev–Trinajstić information content (AvgIpc) is 3.12. The zero-order valence-corrected chi connectivity index (χ0v) is 12.9. The number of aromatic nitrogens is 2. The highest BCUT2D eigenvalue weighted by atomic mass is 35.5. The van der Waals surface area contributed by atoms with Crippen LogP contribution in [0.1, 0.15) is 13.3 Å². The van der Waals surface area contributed by atoms with Crippen molar-refractivity contribution in [1.82, 2.24) is 9.55 Å². The van der Waals surface area contributed by atoms with Crippen LogP contribution in [0.2, 0.25) is 10.2 Å². The molecule has 1 aromatic heterocycles. The van der Waals surface area contributed by atoms with E-state index in [4.69, 9.17) is 23.2 Å². The second-order valence-corrected chi connectivity index (χ2v) is 6.33. The number of hydrogen-bond donors (Lipinski definition) is 1. The van der Waals surface area contributed by atoms with Gasteiger partial charge < -0.3 is 0 Å². The number of nitrogens with one attached hydrogen (secondary N) is 1. The zero-order chi connectivity index (χ0) is 15.1. The Morgan fingerprint density at radius 3 is 2.43 bits per heavy atom. The molecule has 21 heavy (non-hydrogen) atoms. The standard InChI is InChI=1S/C15H14Cl2N2O2/c1-8-6-10(8)7-19-14(20)12(13(17)18-15(19)21)9-2-4-11(16)5-3-9/h2-5,8,10H,6-7H2,1H3,(H,18,21). The number of H-pyrrole nitrogens is 1. The van der Waals surface area contributed by atoms with Crippen molar-refractivity contribution in [3.63, 3.8) is 0 Å². The Morgan fingerprint density at radius 1 is 1.24 bits per heavy atom. The molecule has 0 bridgehead atoms. The van der Waals surface area contributed by atoms with Crippen molar-refractivity contribution in [1.29, 1.82) is 0 Å². The van der Waals surface area contributed by atoms with Crippen molar-refractivity contribution in [2.75, 3.05) is 0 Å². The van der Waals surface area contributed by atoms with Crippen molar-refractivity contribution in [3.05, 3.63) is 55.3 Å². The first-order chi connectivity index (χ1) is 9.97. The monoisotopic (exact) mass is 324 g/mol. The summed E-state index contributed by atoms with van der Waals surface area (Å²) in [5.74, 6) is 0.953. The van der Waals surface area contributed by atoms with Gasteiger partial charge in [-0.05, 0) is 36.0 Å². The van der Waals surface area contributed by atoms with Gasteiger partial charge in [-0.25, -0.2) is 4.79 Å². The van der Waals surface area contributed by atoms with Crippen LogP contribution >= 0.6 is 23.2 Å². The number of benzene rings is 1. The quantitative estimate of drug-likeness (QED) is 0.881. The molecule has 2 atom stereocenters. The largest absolute Gasteiger partial charge is 0.329 e. The minimum absolute atomic E-state index is 0.0624. The maximum absolute atomic E-state index is 12.6. The van der Waals surface area contributed by atoms with Crippen LogP contribution in [0, 0.1) is 11.8 Å². The Balaban J connectivity index is 2.12. The van der Waals surface area contributed by atoms with Gasteiger partial charge in [-0.15, -0.1) is 0 Å². The van der Waals surface area contributed by atoms with Gasteiger partial charge in [0, 0.05) is 11.6 Å². The molecule has 1 heterocycles. The molecular formula is C15H14Cl2N2O2. The van der Waals surface area contributed by atoms with E-state index in [-0.39, 0.29) is 10.7 Å². The summed E-state index contributed by atoms with van der Waals surface area (Å²) in [5.41, 5.74) is 0.136. The minimum atomic E-state index is -0.457. The Labute approximate surface area is 131 Å². The van der Waals surface area contributed by atoms with Crippen LogP contribution < -0.4 is 11.2 Å². The van der Waals surface area contributed by atoms with Crippen LogP contribution in [-0.4, -0.2) is 9.55 Å². The van der Waals surface area contributed by atoms with E-state index in [0.717, 1.165) is 6.42 Å². The van der Waals surface area contributed by atoms with Crippen LogP contribution in [0.3, 0.4) is 0 Å². The van der Waals surface area contributed by atoms with Crippen molar-refractivity contribution in [2.45, 2.75) is 19.9 Å². The summed E-state index contributed by atoms with van der Waals surface area (Å²) in [6, 6.07) is 6.80. The minimum Gasteiger partial charge on any atom is -0.297 e. The van der Waals surface area contributed by atoms with Crippen LogP contribution in [0.15, 0.2) is 33.9 Å². The van der Waals surface area contributed by atoms with Crippen molar-refractivity contribution >= 4 is 23.2 Å². The highest BCUT2D eigenvalue weighted by molar-refractivity contribution is 6.32. The second-order valence-electron chi connectivity index (χ2n) is 5.51. The summed E-state index contributed by atoms with van der Waals surface area (Å²) in [6.07, 6.45) is 1.05. The number of halogens is 2. The van der Waals surface area contributed by atoms with Crippen LogP contribution in [-0.2, 0) is 6.54 Å². The second kappa shape index (κ2) is 5.35. The Bertz CT molecular complexity index is 793. The maximum atomic E-state index is 12.6. The SMILES string of the molecule is CC1CC1Cn1c(=O)[nH]c(Cl)c(-c2ccc(Cl)cc2)c1=O. The third kappa shape index (κ3) is 2.78. The van der Waals surface area contributed by atoms with Gasteiger partial charge in [-0.1, -0.05) is 42.3 Å². The van der Waals surface area contributed by atoms with Crippen molar-refractivity contribution < 1.29 is 0 Å². The molecular weight excluding hydrogens is 311 g/mol. The first kappa shape index (κ1) is 14.4. The predicted octanol–water partition coefficient (Wildman–Crippen LogP) is 3.17. The molecule has 1 aliphatic rings. The summed E-state index contributed by atoms with van der Waals surface area (Å²) in [4.78, 5) is 27.1. The van der Waals surface area contributed by atoms with Crippen LogP contribution in [0.4, 0.5) is 0 Å². The fourth-order valence-electron chi connectivity index (χ4n) is 2.47. The van der Waals surface area contributed by atoms with Crippen LogP contribution in [0.25, 0.3) is 11.1 Å². The fourth-order valence-corrected chi connectivity index (χ4v) is 2.86. The van der Waals surface area contributed by atoms with E-state index < -0.39 is 5.69 Å². The van der Waals surface area contributed by atoms with Gasteiger partial charge in [-0.2, -0.15) is 0 Å². The normalized spacial score (nSPS) is 20.5. The number of hydrogen-bond acceptors (Lipinski definition) is 2. The van der Waals surface area contributed by atoms with Gasteiger partial charge in [0.1, 0.15) is 5.15 Å². The van der Waals surface area contributed by atoms with E-state index in [9.17, 15) is 9.59 Å². The highest BCUT2D eigenvalue weighted by Gasteiger charge is 2.33. The molecule has 4 nitrogen and oxygen atoms in total. The Hall–Kier alpha value is -1.52. The topological polar surface area (TPSA) is 54.9 Å². The van der Waals surface area contributed by atoms with E-state index in [1.54, 1.807) is 24.3 Å². The fraction of sp³-hybridized carbons (Fsp3) is 0.333. The first-order valence-corrected chi connectivity index (χ1v) is 7.51. The van der Waals surface area contributed by atoms with Crippen LogP contribution in [0.5, 0.6) is 0 Å². The molecule has 0 aliphatic heterocycles. The summed E-state index contributed by atoms with van der Waals surface area (Å²) < 4.78 is 1.24. The van der Waals surface area contributed by atoms with Gasteiger partial charge >= 0.3 is 5.69 Å². The molecule has 0 spiro atoms. The number of aromatic amines is 1. The van der Waals surface area contributed by atoms with Crippen molar-refractivity contribution in [3.8, 4) is 11.1 Å². The lowest BCUT2D eigenvalue weighted by atomic mass is 10.1. The zero-order valence-electron chi connectivity index (χ0n) is 11.4. The molecule has 0 amide bonds. The van der Waals surface area contributed by atoms with Gasteiger partial charge in [0.05, 0.1) is 5.56 Å². The van der Waals surface area contributed by atoms with E-state index >= 15 is 0 Å². The molecule has 1 N–H and O–H groups in total. The molecule has 110 valence electrons.